The first-order chi connectivity index (χ1) is 12.5. The predicted molar refractivity (Wildman–Crippen MR) is 96.7 cm³/mol. The molecule has 1 aliphatic carbocycles. The van der Waals surface area contributed by atoms with Crippen LogP contribution in [0, 0.1) is 0 Å². The van der Waals surface area contributed by atoms with Crippen LogP contribution in [-0.2, 0) is 14.8 Å². The fraction of sp³-hybridized carbons (Fsp3) is 0.611. The number of benzene rings is 1. The lowest BCUT2D eigenvalue weighted by Crippen LogP contribution is -2.50. The SMILES string of the molecule is CCOC(=O)N1CCN(S(=O)(=O)c2ccc(OC3CCCC3)cc2)CC1. The van der Waals surface area contributed by atoms with Crippen molar-refractivity contribution in [1.29, 1.82) is 0 Å². The maximum absolute atomic E-state index is 12.8. The minimum Gasteiger partial charge on any atom is -0.490 e. The Morgan fingerprint density at radius 3 is 2.27 bits per heavy atom. The molecule has 8 heteroatoms. The largest absolute Gasteiger partial charge is 0.490 e. The van der Waals surface area contributed by atoms with Gasteiger partial charge in [0.2, 0.25) is 10.0 Å². The third kappa shape index (κ3) is 4.29. The molecule has 0 atom stereocenters. The lowest BCUT2D eigenvalue weighted by atomic mass is 10.3. The summed E-state index contributed by atoms with van der Waals surface area (Å²) < 4.78 is 37.8. The highest BCUT2D eigenvalue weighted by Gasteiger charge is 2.30. The first-order valence-corrected chi connectivity index (χ1v) is 10.6. The number of hydrogen-bond donors (Lipinski definition) is 0. The van der Waals surface area contributed by atoms with Crippen molar-refractivity contribution in [2.24, 2.45) is 0 Å². The molecular weight excluding hydrogens is 356 g/mol. The molecule has 1 saturated carbocycles. The minimum atomic E-state index is -3.57. The maximum Gasteiger partial charge on any atom is 0.409 e. The van der Waals surface area contributed by atoms with Crippen LogP contribution in [0.2, 0.25) is 0 Å². The van der Waals surface area contributed by atoms with Gasteiger partial charge < -0.3 is 14.4 Å². The minimum absolute atomic E-state index is 0.244. The average molecular weight is 382 g/mol. The summed E-state index contributed by atoms with van der Waals surface area (Å²) in [5, 5.41) is 0. The second-order valence-corrected chi connectivity index (χ2v) is 8.52. The van der Waals surface area contributed by atoms with E-state index in [1.165, 1.54) is 22.0 Å². The zero-order valence-electron chi connectivity index (χ0n) is 15.1. The number of amides is 1. The lowest BCUT2D eigenvalue weighted by molar-refractivity contribution is 0.0934. The average Bonchev–Trinajstić information content (AvgIpc) is 3.15. The standard InChI is InChI=1S/C18H26N2O5S/c1-2-24-18(21)19-11-13-20(14-12-19)26(22,23)17-9-7-16(8-10-17)25-15-5-3-4-6-15/h7-10,15H,2-6,11-14H2,1H3. The highest BCUT2D eigenvalue weighted by atomic mass is 32.2. The second kappa shape index (κ2) is 8.26. The molecule has 0 bridgehead atoms. The van der Waals surface area contributed by atoms with E-state index in [1.54, 1.807) is 31.2 Å². The third-order valence-corrected chi connectivity index (χ3v) is 6.74. The monoisotopic (exact) mass is 382 g/mol. The van der Waals surface area contributed by atoms with E-state index < -0.39 is 16.1 Å². The zero-order valence-corrected chi connectivity index (χ0v) is 15.9. The Hall–Kier alpha value is -1.80. The number of hydrogen-bond acceptors (Lipinski definition) is 5. The van der Waals surface area contributed by atoms with E-state index in [4.69, 9.17) is 9.47 Å². The van der Waals surface area contributed by atoms with Crippen LogP contribution in [0.5, 0.6) is 5.75 Å². The molecule has 1 saturated heterocycles. The number of piperazine rings is 1. The van der Waals surface area contributed by atoms with Gasteiger partial charge in [0.25, 0.3) is 0 Å². The smallest absolute Gasteiger partial charge is 0.409 e. The van der Waals surface area contributed by atoms with Crippen LogP contribution >= 0.6 is 0 Å². The highest BCUT2D eigenvalue weighted by molar-refractivity contribution is 7.89. The highest BCUT2D eigenvalue weighted by Crippen LogP contribution is 2.26. The van der Waals surface area contributed by atoms with Crippen LogP contribution in [-0.4, -0.2) is 62.6 Å². The lowest BCUT2D eigenvalue weighted by Gasteiger charge is -2.33. The molecule has 2 fully saturated rings. The van der Waals surface area contributed by atoms with Crippen LogP contribution in [0.3, 0.4) is 0 Å². The van der Waals surface area contributed by atoms with Gasteiger partial charge in [0.1, 0.15) is 5.75 Å². The van der Waals surface area contributed by atoms with Crippen molar-refractivity contribution >= 4 is 16.1 Å². The van der Waals surface area contributed by atoms with Crippen molar-refractivity contribution in [2.45, 2.75) is 43.6 Å². The zero-order chi connectivity index (χ0) is 18.6. The topological polar surface area (TPSA) is 76.2 Å². The maximum atomic E-state index is 12.8. The van der Waals surface area contributed by atoms with Crippen LogP contribution in [0.4, 0.5) is 4.79 Å². The molecule has 1 heterocycles. The normalized spacial score (nSPS) is 19.5. The summed E-state index contributed by atoms with van der Waals surface area (Å²) in [5.41, 5.74) is 0. The predicted octanol–water partition coefficient (Wildman–Crippen LogP) is 2.47. The number of carbonyl (C=O) groups is 1. The van der Waals surface area contributed by atoms with Gasteiger partial charge in [-0.3, -0.25) is 0 Å². The van der Waals surface area contributed by atoms with Gasteiger partial charge in [-0.15, -0.1) is 0 Å². The van der Waals surface area contributed by atoms with E-state index in [9.17, 15) is 13.2 Å². The molecule has 0 N–H and O–H groups in total. The van der Waals surface area contributed by atoms with Crippen molar-refractivity contribution in [2.75, 3.05) is 32.8 Å². The Balaban J connectivity index is 1.60. The Morgan fingerprint density at radius 2 is 1.69 bits per heavy atom. The first kappa shape index (κ1) is 19.0. The molecule has 0 unspecified atom stereocenters. The van der Waals surface area contributed by atoms with Gasteiger partial charge in [-0.1, -0.05) is 0 Å². The molecule has 0 radical (unpaired) electrons. The van der Waals surface area contributed by atoms with Crippen molar-refractivity contribution in [3.63, 3.8) is 0 Å². The Labute approximate surface area is 154 Å². The van der Waals surface area contributed by atoms with Gasteiger partial charge in [-0.05, 0) is 56.9 Å². The fourth-order valence-electron chi connectivity index (χ4n) is 3.36. The third-order valence-electron chi connectivity index (χ3n) is 4.83. The van der Waals surface area contributed by atoms with Gasteiger partial charge in [-0.2, -0.15) is 4.31 Å². The number of ether oxygens (including phenoxy) is 2. The number of sulfonamides is 1. The molecule has 1 amide bonds. The Morgan fingerprint density at radius 1 is 1.08 bits per heavy atom. The molecule has 0 aromatic heterocycles. The van der Waals surface area contributed by atoms with Crippen LogP contribution in [0.1, 0.15) is 32.6 Å². The van der Waals surface area contributed by atoms with Gasteiger partial charge in [0.05, 0.1) is 17.6 Å². The van der Waals surface area contributed by atoms with Gasteiger partial charge in [-0.25, -0.2) is 13.2 Å². The van der Waals surface area contributed by atoms with Crippen molar-refractivity contribution in [3.05, 3.63) is 24.3 Å². The van der Waals surface area contributed by atoms with Crippen LogP contribution < -0.4 is 4.74 Å². The second-order valence-electron chi connectivity index (χ2n) is 6.59. The molecule has 1 aliphatic heterocycles. The van der Waals surface area contributed by atoms with Crippen molar-refractivity contribution in [1.82, 2.24) is 9.21 Å². The molecule has 7 nitrogen and oxygen atoms in total. The molecule has 3 rings (SSSR count). The molecule has 1 aromatic rings. The fourth-order valence-corrected chi connectivity index (χ4v) is 4.79. The molecular formula is C18H26N2O5S. The van der Waals surface area contributed by atoms with Gasteiger partial charge in [0.15, 0.2) is 0 Å². The summed E-state index contributed by atoms with van der Waals surface area (Å²) in [6, 6.07) is 6.63. The van der Waals surface area contributed by atoms with E-state index >= 15 is 0 Å². The van der Waals surface area contributed by atoms with E-state index in [0.29, 0.717) is 25.4 Å². The van der Waals surface area contributed by atoms with Crippen molar-refractivity contribution < 1.29 is 22.7 Å². The summed E-state index contributed by atoms with van der Waals surface area (Å²) >= 11 is 0. The van der Waals surface area contributed by atoms with Gasteiger partial charge >= 0.3 is 6.09 Å². The van der Waals surface area contributed by atoms with Gasteiger partial charge in [0, 0.05) is 26.2 Å². The summed E-state index contributed by atoms with van der Waals surface area (Å²) in [7, 11) is -3.57. The summed E-state index contributed by atoms with van der Waals surface area (Å²) in [4.78, 5) is 13.5. The summed E-state index contributed by atoms with van der Waals surface area (Å²) in [6.07, 6.45) is 4.35. The van der Waals surface area contributed by atoms with E-state index in [0.717, 1.165) is 12.8 Å². The number of rotatable bonds is 5. The van der Waals surface area contributed by atoms with E-state index in [1.807, 2.05) is 0 Å². The number of nitrogens with zero attached hydrogens (tertiary/aromatic N) is 2. The molecule has 0 spiro atoms. The summed E-state index contributed by atoms with van der Waals surface area (Å²) in [6.45, 7) is 3.26. The summed E-state index contributed by atoms with van der Waals surface area (Å²) in [5.74, 6) is 0.711. The van der Waals surface area contributed by atoms with E-state index in [2.05, 4.69) is 0 Å². The van der Waals surface area contributed by atoms with Crippen LogP contribution in [0.15, 0.2) is 29.2 Å². The first-order valence-electron chi connectivity index (χ1n) is 9.19. The molecule has 2 aliphatic rings. The Kier molecular flexibility index (Phi) is 6.03. The quantitative estimate of drug-likeness (QED) is 0.782. The number of carbonyl (C=O) groups excluding carboxylic acids is 1. The molecule has 1 aromatic carbocycles. The van der Waals surface area contributed by atoms with Crippen molar-refractivity contribution in [3.8, 4) is 5.75 Å². The molecule has 26 heavy (non-hydrogen) atoms. The Bertz CT molecular complexity index is 706. The van der Waals surface area contributed by atoms with E-state index in [-0.39, 0.29) is 24.1 Å². The van der Waals surface area contributed by atoms with Crippen LogP contribution in [0.25, 0.3) is 0 Å². The molecule has 144 valence electrons.